The molecule has 100 valence electrons. The molecule has 1 aliphatic rings. The van der Waals surface area contributed by atoms with Crippen LogP contribution in [-0.4, -0.2) is 19.3 Å². The third-order valence-electron chi connectivity index (χ3n) is 2.79. The highest BCUT2D eigenvalue weighted by atomic mass is 19.4. The average molecular weight is 261 g/mol. The maximum atomic E-state index is 12.6. The van der Waals surface area contributed by atoms with Gasteiger partial charge in [0.05, 0.1) is 11.7 Å². The predicted octanol–water partition coefficient (Wildman–Crippen LogP) is 2.85. The van der Waals surface area contributed by atoms with Crippen LogP contribution in [0.3, 0.4) is 0 Å². The average Bonchev–Trinajstić information content (AvgIpc) is 2.79. The van der Waals surface area contributed by atoms with Crippen LogP contribution in [0, 0.1) is 0 Å². The van der Waals surface area contributed by atoms with Crippen LogP contribution in [0.1, 0.15) is 18.4 Å². The van der Waals surface area contributed by atoms with E-state index in [-0.39, 0.29) is 24.1 Å². The van der Waals surface area contributed by atoms with Gasteiger partial charge in [0, 0.05) is 12.3 Å². The lowest BCUT2D eigenvalue weighted by Gasteiger charge is -2.14. The number of alkyl halides is 3. The maximum absolute atomic E-state index is 12.6. The minimum atomic E-state index is -4.46. The zero-order valence-corrected chi connectivity index (χ0v) is 9.67. The van der Waals surface area contributed by atoms with E-state index in [0.29, 0.717) is 6.61 Å². The molecule has 0 aromatic heterocycles. The predicted molar refractivity (Wildman–Crippen MR) is 60.3 cm³/mol. The molecule has 0 spiro atoms. The number of rotatable bonds is 3. The van der Waals surface area contributed by atoms with Gasteiger partial charge in [-0.2, -0.15) is 13.2 Å². The van der Waals surface area contributed by atoms with Crippen molar-refractivity contribution >= 4 is 5.69 Å². The molecule has 0 bridgehead atoms. The first-order chi connectivity index (χ1) is 8.47. The van der Waals surface area contributed by atoms with E-state index in [1.807, 2.05) is 0 Å². The Morgan fingerprint density at radius 1 is 1.39 bits per heavy atom. The first kappa shape index (κ1) is 13.0. The number of hydrogen-bond donors (Lipinski definition) is 1. The van der Waals surface area contributed by atoms with Gasteiger partial charge in [0.2, 0.25) is 0 Å². The zero-order chi connectivity index (χ0) is 13.2. The van der Waals surface area contributed by atoms with Gasteiger partial charge in [0.1, 0.15) is 12.4 Å². The molecule has 1 atom stereocenters. The highest BCUT2D eigenvalue weighted by molar-refractivity contribution is 5.51. The molecule has 1 saturated heterocycles. The van der Waals surface area contributed by atoms with E-state index in [0.717, 1.165) is 18.9 Å². The van der Waals surface area contributed by atoms with Crippen molar-refractivity contribution in [1.82, 2.24) is 0 Å². The third-order valence-corrected chi connectivity index (χ3v) is 2.79. The summed E-state index contributed by atoms with van der Waals surface area (Å²) >= 11 is 0. The fourth-order valence-corrected chi connectivity index (χ4v) is 1.84. The van der Waals surface area contributed by atoms with Gasteiger partial charge in [-0.15, -0.1) is 0 Å². The summed E-state index contributed by atoms with van der Waals surface area (Å²) in [6, 6.07) is 3.55. The minimum Gasteiger partial charge on any atom is -0.491 e. The molecule has 2 N–H and O–H groups in total. The van der Waals surface area contributed by atoms with Crippen LogP contribution in [-0.2, 0) is 10.9 Å². The second kappa shape index (κ2) is 5.06. The smallest absolute Gasteiger partial charge is 0.418 e. The highest BCUT2D eigenvalue weighted by Gasteiger charge is 2.33. The van der Waals surface area contributed by atoms with Gasteiger partial charge in [-0.3, -0.25) is 0 Å². The van der Waals surface area contributed by atoms with Crippen molar-refractivity contribution in [2.45, 2.75) is 25.1 Å². The maximum Gasteiger partial charge on any atom is 0.418 e. The van der Waals surface area contributed by atoms with Crippen LogP contribution in [0.4, 0.5) is 18.9 Å². The standard InChI is InChI=1S/C12H14F3NO2/c13-12(14,15)10-6-8(3-4-11(10)16)18-7-9-2-1-5-17-9/h3-4,6,9H,1-2,5,7,16H2/t9-/m0/s1. The van der Waals surface area contributed by atoms with Gasteiger partial charge in [0.25, 0.3) is 0 Å². The molecule has 18 heavy (non-hydrogen) atoms. The quantitative estimate of drug-likeness (QED) is 0.851. The number of nitrogens with two attached hydrogens (primary N) is 1. The van der Waals surface area contributed by atoms with E-state index in [4.69, 9.17) is 15.2 Å². The lowest BCUT2D eigenvalue weighted by Crippen LogP contribution is -2.17. The molecule has 3 nitrogen and oxygen atoms in total. The Bertz CT molecular complexity index is 414. The minimum absolute atomic E-state index is 0.0307. The zero-order valence-electron chi connectivity index (χ0n) is 9.67. The van der Waals surface area contributed by atoms with Crippen molar-refractivity contribution in [3.05, 3.63) is 23.8 Å². The van der Waals surface area contributed by atoms with Crippen molar-refractivity contribution in [2.75, 3.05) is 18.9 Å². The second-order valence-corrected chi connectivity index (χ2v) is 4.19. The number of nitrogen functional groups attached to an aromatic ring is 1. The van der Waals surface area contributed by atoms with Crippen molar-refractivity contribution in [3.8, 4) is 5.75 Å². The number of halogens is 3. The highest BCUT2D eigenvalue weighted by Crippen LogP contribution is 2.35. The van der Waals surface area contributed by atoms with Gasteiger partial charge in [0.15, 0.2) is 0 Å². The van der Waals surface area contributed by atoms with Crippen LogP contribution < -0.4 is 10.5 Å². The summed E-state index contributed by atoms with van der Waals surface area (Å²) < 4.78 is 48.5. The summed E-state index contributed by atoms with van der Waals surface area (Å²) in [5.74, 6) is 0.159. The molecule has 2 rings (SSSR count). The van der Waals surface area contributed by atoms with Crippen molar-refractivity contribution in [3.63, 3.8) is 0 Å². The molecule has 0 radical (unpaired) electrons. The molecule has 1 fully saturated rings. The van der Waals surface area contributed by atoms with Crippen LogP contribution in [0.25, 0.3) is 0 Å². The van der Waals surface area contributed by atoms with E-state index >= 15 is 0 Å². The molecule has 0 aliphatic carbocycles. The van der Waals surface area contributed by atoms with E-state index in [9.17, 15) is 13.2 Å². The Morgan fingerprint density at radius 3 is 2.78 bits per heavy atom. The monoisotopic (exact) mass is 261 g/mol. The van der Waals surface area contributed by atoms with Crippen LogP contribution in [0.2, 0.25) is 0 Å². The summed E-state index contributed by atoms with van der Waals surface area (Å²) in [5.41, 5.74) is 4.13. The molecular weight excluding hydrogens is 247 g/mol. The Morgan fingerprint density at radius 2 is 2.17 bits per heavy atom. The fraction of sp³-hybridized carbons (Fsp3) is 0.500. The lowest BCUT2D eigenvalue weighted by atomic mass is 10.1. The van der Waals surface area contributed by atoms with E-state index < -0.39 is 11.7 Å². The Balaban J connectivity index is 2.04. The van der Waals surface area contributed by atoms with Gasteiger partial charge in [-0.05, 0) is 31.0 Å². The molecular formula is C12H14F3NO2. The summed E-state index contributed by atoms with van der Waals surface area (Å²) in [6.07, 6.45) is -2.66. The fourth-order valence-electron chi connectivity index (χ4n) is 1.84. The SMILES string of the molecule is Nc1ccc(OC[C@@H]2CCCO2)cc1C(F)(F)F. The molecule has 1 heterocycles. The van der Waals surface area contributed by atoms with E-state index in [2.05, 4.69) is 0 Å². The van der Waals surface area contributed by atoms with E-state index in [1.54, 1.807) is 0 Å². The number of benzene rings is 1. The molecule has 6 heteroatoms. The molecule has 0 saturated carbocycles. The Kier molecular flexibility index (Phi) is 3.65. The van der Waals surface area contributed by atoms with Crippen molar-refractivity contribution in [2.24, 2.45) is 0 Å². The van der Waals surface area contributed by atoms with Gasteiger partial charge in [-0.25, -0.2) is 0 Å². The molecule has 1 aromatic rings. The molecule has 1 aromatic carbocycles. The molecule has 0 unspecified atom stereocenters. The van der Waals surface area contributed by atoms with Crippen LogP contribution in [0.15, 0.2) is 18.2 Å². The number of hydrogen-bond acceptors (Lipinski definition) is 3. The Hall–Kier alpha value is -1.43. The lowest BCUT2D eigenvalue weighted by molar-refractivity contribution is -0.137. The normalized spacial score (nSPS) is 20.1. The van der Waals surface area contributed by atoms with Crippen molar-refractivity contribution < 1.29 is 22.6 Å². The first-order valence-corrected chi connectivity index (χ1v) is 5.68. The van der Waals surface area contributed by atoms with Crippen LogP contribution >= 0.6 is 0 Å². The van der Waals surface area contributed by atoms with Gasteiger partial charge < -0.3 is 15.2 Å². The van der Waals surface area contributed by atoms with Gasteiger partial charge >= 0.3 is 6.18 Å². The first-order valence-electron chi connectivity index (χ1n) is 5.68. The van der Waals surface area contributed by atoms with E-state index in [1.165, 1.54) is 12.1 Å². The topological polar surface area (TPSA) is 44.5 Å². The molecule has 0 amide bonds. The summed E-state index contributed by atoms with van der Waals surface area (Å²) in [4.78, 5) is 0. The molecule has 1 aliphatic heterocycles. The Labute approximate surface area is 103 Å². The summed E-state index contributed by atoms with van der Waals surface area (Å²) in [5, 5.41) is 0. The summed E-state index contributed by atoms with van der Waals surface area (Å²) in [6.45, 7) is 0.949. The third kappa shape index (κ3) is 3.07. The second-order valence-electron chi connectivity index (χ2n) is 4.19. The number of anilines is 1. The number of ether oxygens (including phenoxy) is 2. The van der Waals surface area contributed by atoms with Crippen LogP contribution in [0.5, 0.6) is 5.75 Å². The van der Waals surface area contributed by atoms with Crippen molar-refractivity contribution in [1.29, 1.82) is 0 Å². The van der Waals surface area contributed by atoms with Gasteiger partial charge in [-0.1, -0.05) is 0 Å². The largest absolute Gasteiger partial charge is 0.491 e. The summed E-state index contributed by atoms with van der Waals surface area (Å²) in [7, 11) is 0.